The van der Waals surface area contributed by atoms with Crippen molar-refractivity contribution in [1.29, 1.82) is 0 Å². The van der Waals surface area contributed by atoms with Crippen molar-refractivity contribution >= 4 is 27.6 Å². The number of aliphatic imine (C=N–C) groups is 1. The van der Waals surface area contributed by atoms with Crippen LogP contribution >= 0.6 is 11.8 Å². The lowest BCUT2D eigenvalue weighted by Crippen LogP contribution is -2.43. The Balaban J connectivity index is 4.64. The van der Waals surface area contributed by atoms with Crippen molar-refractivity contribution in [1.82, 2.24) is 10.6 Å². The molecule has 0 aliphatic heterocycles. The van der Waals surface area contributed by atoms with E-state index in [1.807, 2.05) is 18.7 Å². The maximum Gasteiger partial charge on any atom is 0.191 e. The summed E-state index contributed by atoms with van der Waals surface area (Å²) in [5.41, 5.74) is -0.138. The lowest BCUT2D eigenvalue weighted by atomic mass is 9.90. The number of hydrogen-bond acceptors (Lipinski definition) is 4. The highest BCUT2D eigenvalue weighted by Crippen LogP contribution is 2.22. The molecular weight excluding hydrogens is 318 g/mol. The molecule has 0 aromatic carbocycles. The largest absolute Gasteiger partial charge is 0.357 e. The van der Waals surface area contributed by atoms with E-state index in [1.54, 1.807) is 0 Å². The van der Waals surface area contributed by atoms with Gasteiger partial charge in [0.05, 0.1) is 5.75 Å². The lowest BCUT2D eigenvalue weighted by Gasteiger charge is -2.25. The van der Waals surface area contributed by atoms with E-state index in [1.165, 1.54) is 6.26 Å². The van der Waals surface area contributed by atoms with Crippen molar-refractivity contribution in [3.8, 4) is 0 Å². The molecule has 0 heterocycles. The Kier molecular flexibility index (Phi) is 8.83. The molecule has 132 valence electrons. The highest BCUT2D eigenvalue weighted by molar-refractivity contribution is 7.99. The summed E-state index contributed by atoms with van der Waals surface area (Å²) >= 11 is 1.81. The highest BCUT2D eigenvalue weighted by atomic mass is 32.2. The van der Waals surface area contributed by atoms with Crippen molar-refractivity contribution < 1.29 is 8.42 Å². The van der Waals surface area contributed by atoms with E-state index in [0.717, 1.165) is 19.0 Å². The molecule has 0 spiro atoms. The molecule has 0 radical (unpaired) electrons. The predicted molar refractivity (Wildman–Crippen MR) is 99.7 cm³/mol. The van der Waals surface area contributed by atoms with Gasteiger partial charge in [-0.05, 0) is 38.9 Å². The van der Waals surface area contributed by atoms with Crippen LogP contribution in [0.1, 0.15) is 41.0 Å². The second-order valence-corrected chi connectivity index (χ2v) is 10.8. The van der Waals surface area contributed by atoms with Crippen LogP contribution in [0.3, 0.4) is 0 Å². The topological polar surface area (TPSA) is 70.6 Å². The summed E-state index contributed by atoms with van der Waals surface area (Å²) in [6.07, 6.45) is 3.99. The van der Waals surface area contributed by atoms with Gasteiger partial charge in [-0.15, -0.1) is 0 Å². The Morgan fingerprint density at radius 2 is 1.77 bits per heavy atom. The van der Waals surface area contributed by atoms with E-state index >= 15 is 0 Å². The fraction of sp³-hybridized carbons (Fsp3) is 0.933. The van der Waals surface area contributed by atoms with Gasteiger partial charge in [0.15, 0.2) is 5.96 Å². The number of nitrogens with one attached hydrogen (secondary N) is 2. The maximum absolute atomic E-state index is 11.3. The fourth-order valence-electron chi connectivity index (χ4n) is 1.54. The minimum atomic E-state index is -2.92. The molecule has 0 aromatic heterocycles. The van der Waals surface area contributed by atoms with Gasteiger partial charge >= 0.3 is 0 Å². The summed E-state index contributed by atoms with van der Waals surface area (Å²) in [5.74, 6) is 0.996. The lowest BCUT2D eigenvalue weighted by molar-refractivity contribution is 0.365. The van der Waals surface area contributed by atoms with Crippen molar-refractivity contribution in [2.75, 3.05) is 37.9 Å². The molecule has 0 aromatic rings. The minimum absolute atomic E-state index is 0.138. The van der Waals surface area contributed by atoms with Crippen LogP contribution in [0.25, 0.3) is 0 Å². The van der Waals surface area contributed by atoms with Crippen LogP contribution in [-0.2, 0) is 9.84 Å². The molecule has 0 saturated heterocycles. The molecule has 5 nitrogen and oxygen atoms in total. The van der Waals surface area contributed by atoms with Gasteiger partial charge in [0.2, 0.25) is 0 Å². The van der Waals surface area contributed by atoms with Crippen LogP contribution < -0.4 is 10.6 Å². The Morgan fingerprint density at radius 3 is 2.23 bits per heavy atom. The molecule has 0 unspecified atom stereocenters. The molecule has 0 aliphatic carbocycles. The van der Waals surface area contributed by atoms with Crippen LogP contribution in [0, 0.1) is 5.41 Å². The number of hydrogen-bond donors (Lipinski definition) is 2. The Labute approximate surface area is 141 Å². The summed E-state index contributed by atoms with van der Waals surface area (Å²) in [5, 5.41) is 6.59. The van der Waals surface area contributed by atoms with Gasteiger partial charge in [0, 0.05) is 30.6 Å². The van der Waals surface area contributed by atoms with Crippen LogP contribution in [-0.4, -0.2) is 57.0 Å². The second kappa shape index (κ2) is 9.01. The third-order valence-corrected chi connectivity index (χ3v) is 5.59. The SMILES string of the molecule is CCNC(=NCC(C)(C)CCS(C)(=O)=O)NCC(C)(C)SC. The van der Waals surface area contributed by atoms with Crippen molar-refractivity contribution in [2.45, 2.75) is 45.8 Å². The van der Waals surface area contributed by atoms with Crippen LogP contribution in [0.15, 0.2) is 4.99 Å². The molecular formula is C15H33N3O2S2. The van der Waals surface area contributed by atoms with Gasteiger partial charge in [-0.2, -0.15) is 11.8 Å². The maximum atomic E-state index is 11.3. The van der Waals surface area contributed by atoms with Gasteiger partial charge in [-0.3, -0.25) is 4.99 Å². The third-order valence-electron chi connectivity index (χ3n) is 3.39. The minimum Gasteiger partial charge on any atom is -0.357 e. The first kappa shape index (κ1) is 21.6. The van der Waals surface area contributed by atoms with Gasteiger partial charge in [0.1, 0.15) is 9.84 Å². The molecule has 22 heavy (non-hydrogen) atoms. The summed E-state index contributed by atoms with van der Waals surface area (Å²) in [4.78, 5) is 4.61. The van der Waals surface area contributed by atoms with Crippen molar-refractivity contribution in [3.05, 3.63) is 0 Å². The molecule has 2 N–H and O–H groups in total. The zero-order valence-corrected chi connectivity index (χ0v) is 16.7. The van der Waals surface area contributed by atoms with Crippen molar-refractivity contribution in [2.24, 2.45) is 10.4 Å². The quantitative estimate of drug-likeness (QED) is 0.492. The molecule has 0 atom stereocenters. The Hall–Kier alpha value is -0.430. The Bertz CT molecular complexity index is 457. The third kappa shape index (κ3) is 11.2. The van der Waals surface area contributed by atoms with E-state index in [2.05, 4.69) is 49.6 Å². The van der Waals surface area contributed by atoms with Crippen LogP contribution in [0.4, 0.5) is 0 Å². The normalized spacial score (nSPS) is 14.0. The zero-order valence-electron chi connectivity index (χ0n) is 15.1. The van der Waals surface area contributed by atoms with Gasteiger partial charge in [-0.1, -0.05) is 13.8 Å². The molecule has 7 heteroatoms. The summed E-state index contributed by atoms with van der Waals surface area (Å²) < 4.78 is 22.7. The van der Waals surface area contributed by atoms with E-state index in [4.69, 9.17) is 0 Å². The first-order chi connectivity index (χ1) is 9.91. The summed E-state index contributed by atoms with van der Waals surface area (Å²) in [7, 11) is -2.92. The average Bonchev–Trinajstić information content (AvgIpc) is 2.39. The molecule has 0 saturated carbocycles. The molecule has 0 bridgehead atoms. The molecule has 0 amide bonds. The monoisotopic (exact) mass is 351 g/mol. The average molecular weight is 352 g/mol. The number of guanidine groups is 1. The van der Waals surface area contributed by atoms with Gasteiger partial charge < -0.3 is 10.6 Å². The van der Waals surface area contributed by atoms with E-state index in [9.17, 15) is 8.42 Å². The van der Waals surface area contributed by atoms with E-state index in [0.29, 0.717) is 13.0 Å². The fourth-order valence-corrected chi connectivity index (χ4v) is 2.68. The molecule has 0 rings (SSSR count). The first-order valence-electron chi connectivity index (χ1n) is 7.66. The summed E-state index contributed by atoms with van der Waals surface area (Å²) in [6.45, 7) is 12.7. The number of nitrogens with zero attached hydrogens (tertiary/aromatic N) is 1. The first-order valence-corrected chi connectivity index (χ1v) is 10.9. The van der Waals surface area contributed by atoms with E-state index in [-0.39, 0.29) is 15.9 Å². The number of thioether (sulfide) groups is 1. The molecule has 0 aliphatic rings. The van der Waals surface area contributed by atoms with Crippen molar-refractivity contribution in [3.63, 3.8) is 0 Å². The zero-order chi connectivity index (χ0) is 17.4. The molecule has 0 fully saturated rings. The predicted octanol–water partition coefficient (Wildman–Crippen LogP) is 2.14. The highest BCUT2D eigenvalue weighted by Gasteiger charge is 2.21. The van der Waals surface area contributed by atoms with Crippen LogP contribution in [0.2, 0.25) is 0 Å². The van der Waals surface area contributed by atoms with E-state index < -0.39 is 9.84 Å². The Morgan fingerprint density at radius 1 is 1.18 bits per heavy atom. The summed E-state index contributed by atoms with van der Waals surface area (Å²) in [6, 6.07) is 0. The number of rotatable bonds is 9. The second-order valence-electron chi connectivity index (χ2n) is 7.06. The number of sulfone groups is 1. The standard InChI is InChI=1S/C15H33N3O2S2/c1-8-16-13(18-12-15(4,5)21-6)17-11-14(2,3)9-10-22(7,19)20/h8-12H2,1-7H3,(H2,16,17,18). The smallest absolute Gasteiger partial charge is 0.191 e. The van der Waals surface area contributed by atoms with Crippen LogP contribution in [0.5, 0.6) is 0 Å². The van der Waals surface area contributed by atoms with Gasteiger partial charge in [-0.25, -0.2) is 8.42 Å². The van der Waals surface area contributed by atoms with Gasteiger partial charge in [0.25, 0.3) is 0 Å².